The summed E-state index contributed by atoms with van der Waals surface area (Å²) in [5.74, 6) is 0. The van der Waals surface area contributed by atoms with E-state index in [1.165, 1.54) is 0 Å². The fraction of sp³-hybridized carbons (Fsp3) is 1.00. The van der Waals surface area contributed by atoms with E-state index in [4.69, 9.17) is 0 Å². The minimum Gasteiger partial charge on any atom is -0.395 e. The molecule has 1 unspecified atom stereocenters. The molecule has 0 bridgehead atoms. The van der Waals surface area contributed by atoms with Crippen LogP contribution in [0.2, 0.25) is 0 Å². The van der Waals surface area contributed by atoms with Crippen LogP contribution in [0.25, 0.3) is 0 Å². The van der Waals surface area contributed by atoms with Gasteiger partial charge in [0.2, 0.25) is 0 Å². The largest absolute Gasteiger partial charge is 0.395 e. The van der Waals surface area contributed by atoms with E-state index in [-0.39, 0.29) is 11.8 Å². The van der Waals surface area contributed by atoms with Crippen molar-refractivity contribution < 1.29 is 18.1 Å². The summed E-state index contributed by atoms with van der Waals surface area (Å²) < 4.78 is 31.6. The molecule has 0 saturated carbocycles. The Bertz CT molecular complexity index is 351. The predicted molar refractivity (Wildman–Crippen MR) is 69.5 cm³/mol. The van der Waals surface area contributed by atoms with E-state index in [2.05, 4.69) is 0 Å². The Labute approximate surface area is 105 Å². The molecule has 0 aliphatic carbocycles. The molecular formula is C12H26O4S. The van der Waals surface area contributed by atoms with E-state index in [9.17, 15) is 18.1 Å². The van der Waals surface area contributed by atoms with E-state index in [0.717, 1.165) is 0 Å². The lowest BCUT2D eigenvalue weighted by Gasteiger charge is -2.45. The van der Waals surface area contributed by atoms with Gasteiger partial charge >= 0.3 is 0 Å². The maximum absolute atomic E-state index is 11.8. The normalized spacial score (nSPS) is 17.9. The Morgan fingerprint density at radius 1 is 1.06 bits per heavy atom. The molecule has 0 aromatic carbocycles. The van der Waals surface area contributed by atoms with Gasteiger partial charge in [0.05, 0.1) is 6.61 Å². The summed E-state index contributed by atoms with van der Waals surface area (Å²) >= 11 is 0. The second-order valence-electron chi connectivity index (χ2n) is 6.60. The van der Waals surface area contributed by atoms with Crippen molar-refractivity contribution in [3.05, 3.63) is 0 Å². The molecule has 0 spiro atoms. The Balaban J connectivity index is 5.83. The Hall–Kier alpha value is -0.130. The van der Waals surface area contributed by atoms with Crippen molar-refractivity contribution in [3.8, 4) is 0 Å². The van der Waals surface area contributed by atoms with Gasteiger partial charge in [-0.2, -0.15) is 8.42 Å². The first-order valence-corrected chi connectivity index (χ1v) is 7.35. The summed E-state index contributed by atoms with van der Waals surface area (Å²) in [4.78, 5) is 0. The molecule has 0 radical (unpaired) electrons. The first-order chi connectivity index (χ1) is 7.33. The number of aliphatic hydroxyl groups is 1. The summed E-state index contributed by atoms with van der Waals surface area (Å²) in [5.41, 5.74) is -0.992. The maximum Gasteiger partial charge on any atom is 0.273 e. The van der Waals surface area contributed by atoms with Crippen LogP contribution in [0.1, 0.15) is 54.4 Å². The van der Waals surface area contributed by atoms with E-state index in [0.29, 0.717) is 6.42 Å². The van der Waals surface area contributed by atoms with Gasteiger partial charge in [-0.15, -0.1) is 0 Å². The molecule has 5 heteroatoms. The number of hydrogen-bond acceptors (Lipinski definition) is 3. The van der Waals surface area contributed by atoms with Crippen LogP contribution in [0.15, 0.2) is 0 Å². The molecule has 0 aromatic rings. The second kappa shape index (κ2) is 4.86. The van der Waals surface area contributed by atoms with E-state index < -0.39 is 26.9 Å². The third-order valence-electron chi connectivity index (χ3n) is 3.68. The molecule has 0 rings (SSSR count). The topological polar surface area (TPSA) is 74.6 Å². The van der Waals surface area contributed by atoms with Crippen LogP contribution in [-0.2, 0) is 10.1 Å². The molecule has 0 heterocycles. The van der Waals surface area contributed by atoms with Gasteiger partial charge in [0, 0.05) is 0 Å². The summed E-state index contributed by atoms with van der Waals surface area (Å²) in [5, 5.41) is 9.60. The van der Waals surface area contributed by atoms with Crippen molar-refractivity contribution >= 4 is 10.1 Å². The molecule has 17 heavy (non-hydrogen) atoms. The lowest BCUT2D eigenvalue weighted by atomic mass is 9.69. The third kappa shape index (κ3) is 3.42. The van der Waals surface area contributed by atoms with Crippen molar-refractivity contribution in [2.45, 2.75) is 59.1 Å². The lowest BCUT2D eigenvalue weighted by Crippen LogP contribution is -2.55. The van der Waals surface area contributed by atoms with Gasteiger partial charge in [0.1, 0.15) is 4.75 Å². The zero-order valence-electron chi connectivity index (χ0n) is 11.7. The van der Waals surface area contributed by atoms with Gasteiger partial charge in [0.25, 0.3) is 10.1 Å². The highest BCUT2D eigenvalue weighted by atomic mass is 32.2. The fourth-order valence-corrected chi connectivity index (χ4v) is 3.83. The summed E-state index contributed by atoms with van der Waals surface area (Å²) in [6.45, 7) is 10.5. The minimum absolute atomic E-state index is 0.218. The van der Waals surface area contributed by atoms with Crippen LogP contribution in [0.4, 0.5) is 0 Å². The van der Waals surface area contributed by atoms with Crippen molar-refractivity contribution in [1.29, 1.82) is 0 Å². The SMILES string of the molecule is CCC(C)(C)C(CO)(CC(C)(C)C)S(=O)(=O)O. The first kappa shape index (κ1) is 16.9. The minimum atomic E-state index is -4.33. The van der Waals surface area contributed by atoms with Crippen molar-refractivity contribution in [1.82, 2.24) is 0 Å². The van der Waals surface area contributed by atoms with Gasteiger partial charge in [-0.3, -0.25) is 4.55 Å². The second-order valence-corrected chi connectivity index (χ2v) is 8.33. The number of hydrogen-bond donors (Lipinski definition) is 2. The van der Waals surface area contributed by atoms with Gasteiger partial charge in [-0.1, -0.05) is 41.5 Å². The zero-order valence-corrected chi connectivity index (χ0v) is 12.6. The highest BCUT2D eigenvalue weighted by molar-refractivity contribution is 7.87. The molecular weight excluding hydrogens is 240 g/mol. The summed E-state index contributed by atoms with van der Waals surface area (Å²) in [6.07, 6.45) is 0.777. The summed E-state index contributed by atoms with van der Waals surface area (Å²) in [6, 6.07) is 0. The van der Waals surface area contributed by atoms with Gasteiger partial charge in [-0.25, -0.2) is 0 Å². The zero-order chi connectivity index (χ0) is 14.1. The van der Waals surface area contributed by atoms with Crippen molar-refractivity contribution in [2.75, 3.05) is 6.61 Å². The molecule has 0 fully saturated rings. The Kier molecular flexibility index (Phi) is 4.82. The van der Waals surface area contributed by atoms with Gasteiger partial charge < -0.3 is 5.11 Å². The summed E-state index contributed by atoms with van der Waals surface area (Å²) in [7, 11) is -4.33. The van der Waals surface area contributed by atoms with Crippen LogP contribution < -0.4 is 0 Å². The third-order valence-corrected chi connectivity index (χ3v) is 5.50. The highest BCUT2D eigenvalue weighted by Gasteiger charge is 2.55. The van der Waals surface area contributed by atoms with Gasteiger partial charge in [0.15, 0.2) is 0 Å². The average molecular weight is 266 g/mol. The molecule has 1 atom stereocenters. The van der Waals surface area contributed by atoms with Crippen molar-refractivity contribution in [3.63, 3.8) is 0 Å². The molecule has 0 amide bonds. The molecule has 0 saturated heterocycles. The number of aliphatic hydroxyl groups excluding tert-OH is 1. The smallest absolute Gasteiger partial charge is 0.273 e. The average Bonchev–Trinajstić information content (AvgIpc) is 2.10. The van der Waals surface area contributed by atoms with Crippen LogP contribution in [-0.4, -0.2) is 29.4 Å². The van der Waals surface area contributed by atoms with Crippen molar-refractivity contribution in [2.24, 2.45) is 10.8 Å². The van der Waals surface area contributed by atoms with Crippen LogP contribution in [0.3, 0.4) is 0 Å². The predicted octanol–water partition coefficient (Wildman–Crippen LogP) is 2.48. The highest BCUT2D eigenvalue weighted by Crippen LogP contribution is 2.46. The molecule has 104 valence electrons. The lowest BCUT2D eigenvalue weighted by molar-refractivity contribution is 0.0907. The van der Waals surface area contributed by atoms with Gasteiger partial charge in [-0.05, 0) is 23.7 Å². The number of rotatable bonds is 5. The monoisotopic (exact) mass is 266 g/mol. The van der Waals surface area contributed by atoms with Crippen LogP contribution in [0.5, 0.6) is 0 Å². The molecule has 0 aromatic heterocycles. The quantitative estimate of drug-likeness (QED) is 0.750. The van der Waals surface area contributed by atoms with Crippen LogP contribution >= 0.6 is 0 Å². The molecule has 2 N–H and O–H groups in total. The molecule has 0 aliphatic rings. The van der Waals surface area contributed by atoms with E-state index >= 15 is 0 Å². The standard InChI is InChI=1S/C12H26O4S/c1-7-11(5,6)12(9-13,17(14,15)16)8-10(2,3)4/h13H,7-9H2,1-6H3,(H,14,15,16). The first-order valence-electron chi connectivity index (χ1n) is 5.91. The Morgan fingerprint density at radius 3 is 1.65 bits per heavy atom. The molecule has 4 nitrogen and oxygen atoms in total. The fourth-order valence-electron chi connectivity index (χ4n) is 2.21. The maximum atomic E-state index is 11.8. The van der Waals surface area contributed by atoms with E-state index in [1.807, 2.05) is 27.7 Å². The van der Waals surface area contributed by atoms with Crippen LogP contribution in [0, 0.1) is 10.8 Å². The Morgan fingerprint density at radius 2 is 1.47 bits per heavy atom. The van der Waals surface area contributed by atoms with E-state index in [1.54, 1.807) is 13.8 Å². The molecule has 0 aliphatic heterocycles.